The second-order valence-electron chi connectivity index (χ2n) is 4.38. The monoisotopic (exact) mass is 250 g/mol. The van der Waals surface area contributed by atoms with Crippen molar-refractivity contribution in [2.24, 2.45) is 5.92 Å². The number of nitrogens with zero attached hydrogens (tertiary/aromatic N) is 4. The maximum atomic E-state index is 9.14. The Morgan fingerprint density at radius 2 is 2.18 bits per heavy atom. The molecule has 0 aliphatic carbocycles. The lowest BCUT2D eigenvalue weighted by atomic mass is 9.97. The van der Waals surface area contributed by atoms with Gasteiger partial charge in [0.2, 0.25) is 0 Å². The predicted molar refractivity (Wildman–Crippen MR) is 67.2 cm³/mol. The molecule has 0 amide bonds. The summed E-state index contributed by atoms with van der Waals surface area (Å²) in [5, 5.41) is 9.14. The topological polar surface area (TPSA) is 62.1 Å². The highest BCUT2D eigenvalue weighted by Crippen LogP contribution is 2.27. The van der Waals surface area contributed by atoms with Crippen LogP contribution in [0.25, 0.3) is 11.2 Å². The molecule has 0 saturated carbocycles. The second kappa shape index (κ2) is 4.54. The molecule has 0 unspecified atom stereocenters. The van der Waals surface area contributed by atoms with Gasteiger partial charge in [0.15, 0.2) is 5.65 Å². The van der Waals surface area contributed by atoms with E-state index < -0.39 is 0 Å². The number of aliphatic hydroxyl groups is 1. The SMILES string of the molecule is OCC1CCN(c2ccnc3nsnc23)CC1. The van der Waals surface area contributed by atoms with E-state index in [1.54, 1.807) is 6.20 Å². The molecule has 6 heteroatoms. The van der Waals surface area contributed by atoms with E-state index in [0.717, 1.165) is 42.8 Å². The molecule has 1 fully saturated rings. The van der Waals surface area contributed by atoms with Crippen LogP contribution in [0.2, 0.25) is 0 Å². The second-order valence-corrected chi connectivity index (χ2v) is 4.91. The summed E-state index contributed by atoms with van der Waals surface area (Å²) < 4.78 is 8.47. The maximum Gasteiger partial charge on any atom is 0.195 e. The molecule has 1 saturated heterocycles. The highest BCUT2D eigenvalue weighted by atomic mass is 32.1. The Hall–Kier alpha value is -1.27. The Balaban J connectivity index is 1.87. The fourth-order valence-electron chi connectivity index (χ4n) is 2.30. The van der Waals surface area contributed by atoms with Gasteiger partial charge >= 0.3 is 0 Å². The zero-order valence-electron chi connectivity index (χ0n) is 9.41. The van der Waals surface area contributed by atoms with Gasteiger partial charge < -0.3 is 10.0 Å². The molecule has 2 aromatic heterocycles. The molecule has 1 N–H and O–H groups in total. The highest BCUT2D eigenvalue weighted by Gasteiger charge is 2.21. The number of hydrogen-bond donors (Lipinski definition) is 1. The van der Waals surface area contributed by atoms with E-state index in [-0.39, 0.29) is 0 Å². The van der Waals surface area contributed by atoms with Crippen LogP contribution in [0.15, 0.2) is 12.3 Å². The average molecular weight is 250 g/mol. The quantitative estimate of drug-likeness (QED) is 0.870. The lowest BCUT2D eigenvalue weighted by Crippen LogP contribution is -2.34. The third-order valence-corrected chi connectivity index (χ3v) is 3.88. The lowest BCUT2D eigenvalue weighted by Gasteiger charge is -2.32. The predicted octanol–water partition coefficient (Wildman–Crippen LogP) is 1.29. The van der Waals surface area contributed by atoms with Crippen LogP contribution < -0.4 is 4.90 Å². The van der Waals surface area contributed by atoms with Gasteiger partial charge in [-0.15, -0.1) is 0 Å². The summed E-state index contributed by atoms with van der Waals surface area (Å²) in [6, 6.07) is 2.00. The third kappa shape index (κ3) is 1.98. The van der Waals surface area contributed by atoms with Crippen LogP contribution in [-0.4, -0.2) is 38.5 Å². The van der Waals surface area contributed by atoms with Gasteiger partial charge in [-0.2, -0.15) is 8.75 Å². The van der Waals surface area contributed by atoms with E-state index >= 15 is 0 Å². The molecule has 0 aromatic carbocycles. The van der Waals surface area contributed by atoms with E-state index in [9.17, 15) is 0 Å². The van der Waals surface area contributed by atoms with Crippen molar-refractivity contribution in [2.45, 2.75) is 12.8 Å². The van der Waals surface area contributed by atoms with Crippen molar-refractivity contribution in [2.75, 3.05) is 24.6 Å². The summed E-state index contributed by atoms with van der Waals surface area (Å²) in [5.41, 5.74) is 2.76. The van der Waals surface area contributed by atoms with E-state index in [0.29, 0.717) is 12.5 Å². The maximum absolute atomic E-state index is 9.14. The van der Waals surface area contributed by atoms with Crippen LogP contribution in [0.5, 0.6) is 0 Å². The largest absolute Gasteiger partial charge is 0.396 e. The van der Waals surface area contributed by atoms with Gasteiger partial charge in [-0.05, 0) is 24.8 Å². The molecule has 0 bridgehead atoms. The van der Waals surface area contributed by atoms with Crippen molar-refractivity contribution >= 4 is 28.6 Å². The van der Waals surface area contributed by atoms with Crippen LogP contribution in [0.1, 0.15) is 12.8 Å². The fraction of sp³-hybridized carbons (Fsp3) is 0.545. The number of hydrogen-bond acceptors (Lipinski definition) is 6. The first kappa shape index (κ1) is 10.9. The average Bonchev–Trinajstić information content (AvgIpc) is 2.87. The van der Waals surface area contributed by atoms with Gasteiger partial charge in [-0.1, -0.05) is 0 Å². The Labute approximate surface area is 103 Å². The zero-order chi connectivity index (χ0) is 11.7. The summed E-state index contributed by atoms with van der Waals surface area (Å²) in [5.74, 6) is 0.456. The number of fused-ring (bicyclic) bond motifs is 1. The van der Waals surface area contributed by atoms with Crippen molar-refractivity contribution in [3.05, 3.63) is 12.3 Å². The van der Waals surface area contributed by atoms with E-state index in [1.165, 1.54) is 11.7 Å². The molecule has 2 aromatic rings. The van der Waals surface area contributed by atoms with Crippen molar-refractivity contribution in [1.82, 2.24) is 13.7 Å². The van der Waals surface area contributed by atoms with Gasteiger partial charge in [-0.3, -0.25) is 0 Å². The Bertz CT molecular complexity index is 507. The van der Waals surface area contributed by atoms with Gasteiger partial charge in [0, 0.05) is 25.9 Å². The fourth-order valence-corrected chi connectivity index (χ4v) is 2.81. The van der Waals surface area contributed by atoms with Gasteiger partial charge in [0.05, 0.1) is 17.4 Å². The number of aliphatic hydroxyl groups excluding tert-OH is 1. The molecule has 5 nitrogen and oxygen atoms in total. The first-order chi connectivity index (χ1) is 8.38. The summed E-state index contributed by atoms with van der Waals surface area (Å²) in [4.78, 5) is 6.51. The highest BCUT2D eigenvalue weighted by molar-refractivity contribution is 7.00. The van der Waals surface area contributed by atoms with Crippen LogP contribution >= 0.6 is 11.7 Å². The first-order valence-corrected chi connectivity index (χ1v) is 6.54. The Morgan fingerprint density at radius 3 is 2.94 bits per heavy atom. The minimum absolute atomic E-state index is 0.303. The molecular weight excluding hydrogens is 236 g/mol. The minimum Gasteiger partial charge on any atom is -0.396 e. The van der Waals surface area contributed by atoms with Crippen molar-refractivity contribution in [3.8, 4) is 0 Å². The standard InChI is InChI=1S/C11H14N4OS/c16-7-8-2-5-15(6-3-8)9-1-4-12-11-10(9)13-17-14-11/h1,4,8,16H,2-3,5-7H2. The van der Waals surface area contributed by atoms with Crippen LogP contribution in [0.3, 0.4) is 0 Å². The van der Waals surface area contributed by atoms with Crippen LogP contribution in [0.4, 0.5) is 5.69 Å². The molecule has 0 spiro atoms. The van der Waals surface area contributed by atoms with E-state index in [4.69, 9.17) is 5.11 Å². The van der Waals surface area contributed by atoms with Crippen LogP contribution in [0, 0.1) is 5.92 Å². The number of pyridine rings is 1. The van der Waals surface area contributed by atoms with Gasteiger partial charge in [0.25, 0.3) is 0 Å². The number of piperidine rings is 1. The smallest absolute Gasteiger partial charge is 0.195 e. The van der Waals surface area contributed by atoms with Crippen molar-refractivity contribution in [3.63, 3.8) is 0 Å². The molecule has 17 heavy (non-hydrogen) atoms. The summed E-state index contributed by atoms with van der Waals surface area (Å²) >= 11 is 1.21. The molecule has 3 rings (SSSR count). The molecule has 90 valence electrons. The summed E-state index contributed by atoms with van der Waals surface area (Å²) in [6.45, 7) is 2.25. The summed E-state index contributed by atoms with van der Waals surface area (Å²) in [6.07, 6.45) is 3.87. The molecule has 0 atom stereocenters. The number of aromatic nitrogens is 3. The molecular formula is C11H14N4OS. The van der Waals surface area contributed by atoms with Crippen LogP contribution in [-0.2, 0) is 0 Å². The van der Waals surface area contributed by atoms with Crippen molar-refractivity contribution in [1.29, 1.82) is 0 Å². The molecule has 0 radical (unpaired) electrons. The zero-order valence-corrected chi connectivity index (χ0v) is 10.2. The number of anilines is 1. The molecule has 1 aliphatic rings. The van der Waals surface area contributed by atoms with Crippen molar-refractivity contribution < 1.29 is 5.11 Å². The molecule has 3 heterocycles. The normalized spacial score (nSPS) is 17.8. The number of rotatable bonds is 2. The summed E-state index contributed by atoms with van der Waals surface area (Å²) in [7, 11) is 0. The lowest BCUT2D eigenvalue weighted by molar-refractivity contribution is 0.203. The van der Waals surface area contributed by atoms with E-state index in [1.807, 2.05) is 6.07 Å². The van der Waals surface area contributed by atoms with E-state index in [2.05, 4.69) is 18.6 Å². The first-order valence-electron chi connectivity index (χ1n) is 5.81. The molecule has 1 aliphatic heterocycles. The third-order valence-electron chi connectivity index (χ3n) is 3.36. The van der Waals surface area contributed by atoms with Gasteiger partial charge in [0.1, 0.15) is 5.52 Å². The Morgan fingerprint density at radius 1 is 1.35 bits per heavy atom. The Kier molecular flexibility index (Phi) is 2.90. The minimum atomic E-state index is 0.303. The van der Waals surface area contributed by atoms with Gasteiger partial charge in [-0.25, -0.2) is 4.98 Å².